The maximum Gasteiger partial charge on any atom is 0.0995 e. The number of rotatable bonds is 1. The Morgan fingerprint density at radius 2 is 2.38 bits per heavy atom. The Hall–Kier alpha value is 0.310. The second-order valence-corrected chi connectivity index (χ2v) is 3.68. The van der Waals surface area contributed by atoms with E-state index < -0.39 is 0 Å². The predicted octanol–water partition coefficient (Wildman–Crippen LogP) is 1.61. The first-order valence-electron chi connectivity index (χ1n) is 3.16. The molecular formula is C6H12OS. The molecule has 0 spiro atoms. The van der Waals surface area contributed by atoms with Crippen LogP contribution in [-0.4, -0.2) is 15.8 Å². The monoisotopic (exact) mass is 132 g/mol. The van der Waals surface area contributed by atoms with Crippen LogP contribution in [0.4, 0.5) is 0 Å². The van der Waals surface area contributed by atoms with Crippen LogP contribution in [-0.2, 0) is 0 Å². The highest BCUT2D eigenvalue weighted by atomic mass is 32.2. The van der Waals surface area contributed by atoms with Crippen molar-refractivity contribution in [2.75, 3.05) is 0 Å². The molecule has 0 aromatic rings. The first-order chi connectivity index (χ1) is 3.83. The third-order valence-corrected chi connectivity index (χ3v) is 3.04. The number of aliphatic hydroxyl groups excluding tert-OH is 1. The molecule has 1 saturated heterocycles. The molecule has 0 radical (unpaired) electrons. The van der Waals surface area contributed by atoms with Gasteiger partial charge in [0.15, 0.2) is 0 Å². The van der Waals surface area contributed by atoms with Crippen LogP contribution in [0.3, 0.4) is 0 Å². The Bertz CT molecular complexity index is 74.9. The summed E-state index contributed by atoms with van der Waals surface area (Å²) in [5.41, 5.74) is -0.0556. The highest BCUT2D eigenvalue weighted by Gasteiger charge is 2.20. The van der Waals surface area contributed by atoms with Crippen molar-refractivity contribution < 1.29 is 5.11 Å². The first kappa shape index (κ1) is 6.43. The van der Waals surface area contributed by atoms with E-state index in [0.717, 1.165) is 11.7 Å². The normalized spacial score (nSPS) is 38.2. The van der Waals surface area contributed by atoms with Gasteiger partial charge in [-0.3, -0.25) is 0 Å². The van der Waals surface area contributed by atoms with Gasteiger partial charge in [-0.25, -0.2) is 0 Å². The van der Waals surface area contributed by atoms with E-state index in [-0.39, 0.29) is 5.44 Å². The fraction of sp³-hybridized carbons (Fsp3) is 1.00. The molecule has 0 aromatic heterocycles. The van der Waals surface area contributed by atoms with Gasteiger partial charge in [0.1, 0.15) is 0 Å². The molecule has 0 aromatic carbocycles. The summed E-state index contributed by atoms with van der Waals surface area (Å²) in [7, 11) is 0. The van der Waals surface area contributed by atoms with Gasteiger partial charge < -0.3 is 5.11 Å². The van der Waals surface area contributed by atoms with Crippen molar-refractivity contribution in [2.24, 2.45) is 0 Å². The molecular weight excluding hydrogens is 120 g/mol. The van der Waals surface area contributed by atoms with Crippen LogP contribution < -0.4 is 0 Å². The summed E-state index contributed by atoms with van der Waals surface area (Å²) in [6.07, 6.45) is 3.42. The number of thioether (sulfide) groups is 1. The van der Waals surface area contributed by atoms with Gasteiger partial charge >= 0.3 is 0 Å². The van der Waals surface area contributed by atoms with Gasteiger partial charge in [-0.2, -0.15) is 0 Å². The summed E-state index contributed by atoms with van der Waals surface area (Å²) >= 11 is 1.72. The molecule has 1 nitrogen and oxygen atoms in total. The fourth-order valence-corrected chi connectivity index (χ4v) is 2.17. The standard InChI is InChI=1S/C6H12OS/c1-2-5-3-4-6(7)8-5/h5-7H,2-4H2,1H3/t5-,6?/m1/s1. The van der Waals surface area contributed by atoms with E-state index >= 15 is 0 Å². The quantitative estimate of drug-likeness (QED) is 0.585. The number of hydrogen-bond donors (Lipinski definition) is 1. The van der Waals surface area contributed by atoms with Gasteiger partial charge in [-0.1, -0.05) is 6.92 Å². The average Bonchev–Trinajstić information content (AvgIpc) is 2.14. The minimum absolute atomic E-state index is 0.0556. The molecule has 8 heavy (non-hydrogen) atoms. The van der Waals surface area contributed by atoms with E-state index in [1.54, 1.807) is 11.8 Å². The first-order valence-corrected chi connectivity index (χ1v) is 4.10. The Balaban J connectivity index is 2.22. The molecule has 48 valence electrons. The van der Waals surface area contributed by atoms with Crippen LogP contribution in [0.5, 0.6) is 0 Å². The highest BCUT2D eigenvalue weighted by Crippen LogP contribution is 2.33. The maximum atomic E-state index is 8.99. The summed E-state index contributed by atoms with van der Waals surface area (Å²) in [6, 6.07) is 0. The van der Waals surface area contributed by atoms with Gasteiger partial charge in [0.2, 0.25) is 0 Å². The van der Waals surface area contributed by atoms with Crippen LogP contribution in [0.1, 0.15) is 26.2 Å². The number of aliphatic hydroxyl groups is 1. The van der Waals surface area contributed by atoms with Crippen LogP contribution in [0.25, 0.3) is 0 Å². The molecule has 0 amide bonds. The third-order valence-electron chi connectivity index (χ3n) is 1.54. The zero-order valence-corrected chi connectivity index (χ0v) is 5.95. The van der Waals surface area contributed by atoms with Gasteiger partial charge in [0.05, 0.1) is 5.44 Å². The maximum absolute atomic E-state index is 8.99. The lowest BCUT2D eigenvalue weighted by Gasteiger charge is -2.01. The van der Waals surface area contributed by atoms with E-state index in [2.05, 4.69) is 6.92 Å². The molecule has 1 aliphatic rings. The van der Waals surface area contributed by atoms with Crippen molar-refractivity contribution >= 4 is 11.8 Å². The van der Waals surface area contributed by atoms with E-state index in [1.807, 2.05) is 0 Å². The zero-order valence-electron chi connectivity index (χ0n) is 5.13. The largest absolute Gasteiger partial charge is 0.382 e. The van der Waals surface area contributed by atoms with Crippen molar-refractivity contribution in [1.29, 1.82) is 0 Å². The molecule has 0 bridgehead atoms. The van der Waals surface area contributed by atoms with E-state index in [0.29, 0.717) is 0 Å². The van der Waals surface area contributed by atoms with Crippen molar-refractivity contribution in [2.45, 2.75) is 36.9 Å². The Morgan fingerprint density at radius 3 is 2.62 bits per heavy atom. The van der Waals surface area contributed by atoms with Crippen molar-refractivity contribution in [3.63, 3.8) is 0 Å². The van der Waals surface area contributed by atoms with Crippen molar-refractivity contribution in [1.82, 2.24) is 0 Å². The Labute approximate surface area is 54.5 Å². The van der Waals surface area contributed by atoms with Crippen LogP contribution in [0.2, 0.25) is 0 Å². The molecule has 1 fully saturated rings. The molecule has 0 saturated carbocycles. The van der Waals surface area contributed by atoms with E-state index in [1.165, 1.54) is 12.8 Å². The molecule has 1 aliphatic heterocycles. The third kappa shape index (κ3) is 1.39. The van der Waals surface area contributed by atoms with Crippen LogP contribution >= 0.6 is 11.8 Å². The summed E-state index contributed by atoms with van der Waals surface area (Å²) < 4.78 is 0. The summed E-state index contributed by atoms with van der Waals surface area (Å²) in [6.45, 7) is 2.18. The Morgan fingerprint density at radius 1 is 1.62 bits per heavy atom. The van der Waals surface area contributed by atoms with Gasteiger partial charge in [-0.15, -0.1) is 11.8 Å². The SMILES string of the molecule is CC[C@@H]1CCC(O)S1. The second-order valence-electron chi connectivity index (χ2n) is 2.20. The topological polar surface area (TPSA) is 20.2 Å². The molecule has 2 heteroatoms. The van der Waals surface area contributed by atoms with Gasteiger partial charge in [-0.05, 0) is 19.3 Å². The minimum Gasteiger partial charge on any atom is -0.382 e. The van der Waals surface area contributed by atoms with Gasteiger partial charge in [0, 0.05) is 5.25 Å². The van der Waals surface area contributed by atoms with Crippen molar-refractivity contribution in [3.8, 4) is 0 Å². The smallest absolute Gasteiger partial charge is 0.0995 e. The number of hydrogen-bond acceptors (Lipinski definition) is 2. The molecule has 1 heterocycles. The molecule has 0 aliphatic carbocycles. The summed E-state index contributed by atoms with van der Waals surface area (Å²) in [5.74, 6) is 0. The molecule has 1 N–H and O–H groups in total. The lowest BCUT2D eigenvalue weighted by molar-refractivity contribution is 0.259. The highest BCUT2D eigenvalue weighted by molar-refractivity contribution is 8.00. The zero-order chi connectivity index (χ0) is 5.98. The minimum atomic E-state index is -0.0556. The second kappa shape index (κ2) is 2.74. The molecule has 1 unspecified atom stereocenters. The van der Waals surface area contributed by atoms with Crippen LogP contribution in [0.15, 0.2) is 0 Å². The lowest BCUT2D eigenvalue weighted by atomic mass is 10.2. The fourth-order valence-electron chi connectivity index (χ4n) is 0.987. The lowest BCUT2D eigenvalue weighted by Crippen LogP contribution is -1.93. The predicted molar refractivity (Wildman–Crippen MR) is 36.9 cm³/mol. The summed E-state index contributed by atoms with van der Waals surface area (Å²) in [5, 5.41) is 9.73. The molecule has 2 atom stereocenters. The van der Waals surface area contributed by atoms with E-state index in [9.17, 15) is 0 Å². The van der Waals surface area contributed by atoms with Crippen molar-refractivity contribution in [3.05, 3.63) is 0 Å². The molecule has 1 rings (SSSR count). The van der Waals surface area contributed by atoms with E-state index in [4.69, 9.17) is 5.11 Å². The average molecular weight is 132 g/mol. The summed E-state index contributed by atoms with van der Waals surface area (Å²) in [4.78, 5) is 0. The van der Waals surface area contributed by atoms with Gasteiger partial charge in [0.25, 0.3) is 0 Å². The Kier molecular flexibility index (Phi) is 2.20. The van der Waals surface area contributed by atoms with Crippen LogP contribution in [0, 0.1) is 0 Å².